The fraction of sp³-hybridized carbons (Fsp3) is 0.875. The number of rotatable bonds is 3. The molecular weight excluding hydrogens is 160 g/mol. The van der Waals surface area contributed by atoms with Crippen molar-refractivity contribution in [2.24, 2.45) is 5.92 Å². The third-order valence-electron chi connectivity index (χ3n) is 2.03. The van der Waals surface area contributed by atoms with Gasteiger partial charge in [0, 0.05) is 18.9 Å². The fourth-order valence-corrected chi connectivity index (χ4v) is 2.44. The van der Waals surface area contributed by atoms with Crippen LogP contribution in [-0.2, 0) is 4.79 Å². The van der Waals surface area contributed by atoms with E-state index in [1.54, 1.807) is 0 Å². The summed E-state index contributed by atoms with van der Waals surface area (Å²) >= 11 is 1.92. The van der Waals surface area contributed by atoms with Gasteiger partial charge in [-0.3, -0.25) is 4.79 Å². The van der Waals surface area contributed by atoms with Crippen molar-refractivity contribution in [3.05, 3.63) is 0 Å². The van der Waals surface area contributed by atoms with E-state index in [1.807, 2.05) is 11.8 Å². The highest BCUT2D eigenvalue weighted by molar-refractivity contribution is 7.99. The van der Waals surface area contributed by atoms with E-state index in [0.29, 0.717) is 6.42 Å². The number of hydrogen-bond donors (Lipinski definition) is 1. The number of aliphatic hydroxyl groups is 1. The van der Waals surface area contributed by atoms with Crippen LogP contribution in [0.1, 0.15) is 19.3 Å². The van der Waals surface area contributed by atoms with Crippen LogP contribution in [0.15, 0.2) is 0 Å². The number of thioether (sulfide) groups is 1. The highest BCUT2D eigenvalue weighted by atomic mass is 32.2. The molecule has 0 unspecified atom stereocenters. The Morgan fingerprint density at radius 2 is 2.09 bits per heavy atom. The molecule has 1 saturated heterocycles. The molecule has 0 aromatic carbocycles. The Morgan fingerprint density at radius 3 is 2.64 bits per heavy atom. The Morgan fingerprint density at radius 1 is 1.45 bits per heavy atom. The van der Waals surface area contributed by atoms with E-state index in [-0.39, 0.29) is 18.3 Å². The zero-order valence-corrected chi connectivity index (χ0v) is 7.40. The third kappa shape index (κ3) is 2.83. The Balaban J connectivity index is 2.27. The van der Waals surface area contributed by atoms with Crippen LogP contribution < -0.4 is 0 Å². The molecule has 1 N–H and O–H groups in total. The Labute approximate surface area is 71.4 Å². The average Bonchev–Trinajstić information content (AvgIpc) is 2.07. The zero-order valence-electron chi connectivity index (χ0n) is 6.58. The van der Waals surface area contributed by atoms with Crippen LogP contribution in [0.25, 0.3) is 0 Å². The molecule has 0 amide bonds. The van der Waals surface area contributed by atoms with E-state index in [1.165, 1.54) is 0 Å². The lowest BCUT2D eigenvalue weighted by Gasteiger charge is -2.19. The predicted molar refractivity (Wildman–Crippen MR) is 46.8 cm³/mol. The van der Waals surface area contributed by atoms with Crippen molar-refractivity contribution in [2.45, 2.75) is 19.3 Å². The van der Waals surface area contributed by atoms with Crippen LogP contribution in [0.4, 0.5) is 0 Å². The lowest BCUT2D eigenvalue weighted by molar-refractivity contribution is -0.123. The second-order valence-corrected chi connectivity index (χ2v) is 4.05. The van der Waals surface area contributed by atoms with E-state index in [0.717, 1.165) is 24.3 Å². The molecule has 1 aliphatic heterocycles. The summed E-state index contributed by atoms with van der Waals surface area (Å²) in [7, 11) is 0. The van der Waals surface area contributed by atoms with Gasteiger partial charge in [-0.1, -0.05) is 0 Å². The number of ketones is 1. The third-order valence-corrected chi connectivity index (χ3v) is 3.08. The molecule has 1 fully saturated rings. The summed E-state index contributed by atoms with van der Waals surface area (Å²) in [6.45, 7) is 0.0163. The van der Waals surface area contributed by atoms with Gasteiger partial charge >= 0.3 is 0 Å². The minimum Gasteiger partial charge on any atom is -0.396 e. The van der Waals surface area contributed by atoms with Gasteiger partial charge in [-0.15, -0.1) is 0 Å². The van der Waals surface area contributed by atoms with Crippen LogP contribution in [0.5, 0.6) is 0 Å². The van der Waals surface area contributed by atoms with Gasteiger partial charge in [0.2, 0.25) is 0 Å². The topological polar surface area (TPSA) is 37.3 Å². The number of Topliss-reactive ketones (excluding diaryl/α,β-unsaturated/α-hetero) is 1. The van der Waals surface area contributed by atoms with Crippen LogP contribution in [-0.4, -0.2) is 29.0 Å². The van der Waals surface area contributed by atoms with Crippen LogP contribution >= 0.6 is 11.8 Å². The first-order chi connectivity index (χ1) is 5.34. The molecule has 11 heavy (non-hydrogen) atoms. The van der Waals surface area contributed by atoms with E-state index >= 15 is 0 Å². The molecule has 0 aliphatic carbocycles. The maximum absolute atomic E-state index is 11.2. The quantitative estimate of drug-likeness (QED) is 0.695. The predicted octanol–water partition coefficient (Wildman–Crippen LogP) is 1.08. The van der Waals surface area contributed by atoms with Gasteiger partial charge in [0.1, 0.15) is 5.78 Å². The molecule has 0 aromatic rings. The lowest BCUT2D eigenvalue weighted by atomic mass is 9.96. The number of aliphatic hydroxyl groups excluding tert-OH is 1. The molecule has 0 spiro atoms. The van der Waals surface area contributed by atoms with Gasteiger partial charge in [-0.25, -0.2) is 0 Å². The zero-order chi connectivity index (χ0) is 8.10. The van der Waals surface area contributed by atoms with E-state index in [2.05, 4.69) is 0 Å². The molecule has 0 atom stereocenters. The van der Waals surface area contributed by atoms with Gasteiger partial charge in [0.05, 0.1) is 0 Å². The summed E-state index contributed by atoms with van der Waals surface area (Å²) in [6, 6.07) is 0. The van der Waals surface area contributed by atoms with Crippen LogP contribution in [0.3, 0.4) is 0 Å². The molecule has 3 heteroatoms. The summed E-state index contributed by atoms with van der Waals surface area (Å²) in [4.78, 5) is 11.2. The molecule has 1 rings (SSSR count). The fourth-order valence-electron chi connectivity index (χ4n) is 1.33. The summed E-state index contributed by atoms with van der Waals surface area (Å²) in [5.74, 6) is 2.74. The highest BCUT2D eigenvalue weighted by Gasteiger charge is 2.20. The first-order valence-electron chi connectivity index (χ1n) is 4.06. The minimum absolute atomic E-state index is 0.0163. The molecule has 1 aliphatic rings. The molecule has 1 heterocycles. The van der Waals surface area contributed by atoms with Crippen molar-refractivity contribution < 1.29 is 9.90 Å². The first-order valence-corrected chi connectivity index (χ1v) is 5.21. The van der Waals surface area contributed by atoms with E-state index in [9.17, 15) is 4.79 Å². The average molecular weight is 174 g/mol. The van der Waals surface area contributed by atoms with E-state index < -0.39 is 0 Å². The summed E-state index contributed by atoms with van der Waals surface area (Å²) in [5.41, 5.74) is 0. The molecule has 0 saturated carbocycles. The van der Waals surface area contributed by atoms with Gasteiger partial charge in [0.15, 0.2) is 0 Å². The van der Waals surface area contributed by atoms with Crippen molar-refractivity contribution in [2.75, 3.05) is 18.1 Å². The smallest absolute Gasteiger partial charge is 0.138 e. The van der Waals surface area contributed by atoms with Crippen molar-refractivity contribution in [1.29, 1.82) is 0 Å². The molecule has 0 aromatic heterocycles. The highest BCUT2D eigenvalue weighted by Crippen LogP contribution is 2.23. The normalized spacial score (nSPS) is 20.1. The van der Waals surface area contributed by atoms with Crippen LogP contribution in [0, 0.1) is 5.92 Å². The molecule has 0 bridgehead atoms. The SMILES string of the molecule is O=C(CCO)C1CCSCC1. The van der Waals surface area contributed by atoms with Crippen molar-refractivity contribution in [3.8, 4) is 0 Å². The van der Waals surface area contributed by atoms with Crippen molar-refractivity contribution in [3.63, 3.8) is 0 Å². The lowest BCUT2D eigenvalue weighted by Crippen LogP contribution is -2.20. The Hall–Kier alpha value is -0.0200. The minimum atomic E-state index is 0.0163. The van der Waals surface area contributed by atoms with Crippen LogP contribution in [0.2, 0.25) is 0 Å². The summed E-state index contributed by atoms with van der Waals surface area (Å²) in [6.07, 6.45) is 2.39. The molecule has 2 nitrogen and oxygen atoms in total. The Kier molecular flexibility index (Phi) is 3.94. The van der Waals surface area contributed by atoms with Gasteiger partial charge in [-0.2, -0.15) is 11.8 Å². The molecule has 0 radical (unpaired) electrons. The van der Waals surface area contributed by atoms with Gasteiger partial charge in [0.25, 0.3) is 0 Å². The molecule has 64 valence electrons. The Bertz CT molecular complexity index is 130. The van der Waals surface area contributed by atoms with Gasteiger partial charge < -0.3 is 5.11 Å². The number of carbonyl (C=O) groups is 1. The molecular formula is C8H14O2S. The number of hydrogen-bond acceptors (Lipinski definition) is 3. The standard InChI is InChI=1S/C8H14O2S/c9-4-1-8(10)7-2-5-11-6-3-7/h7,9H,1-6H2. The second kappa shape index (κ2) is 4.78. The van der Waals surface area contributed by atoms with Crippen molar-refractivity contribution in [1.82, 2.24) is 0 Å². The first kappa shape index (κ1) is 9.07. The summed E-state index contributed by atoms with van der Waals surface area (Å²) < 4.78 is 0. The monoisotopic (exact) mass is 174 g/mol. The number of carbonyl (C=O) groups excluding carboxylic acids is 1. The largest absolute Gasteiger partial charge is 0.396 e. The second-order valence-electron chi connectivity index (χ2n) is 2.83. The van der Waals surface area contributed by atoms with Gasteiger partial charge in [-0.05, 0) is 24.3 Å². The van der Waals surface area contributed by atoms with Crippen molar-refractivity contribution >= 4 is 17.5 Å². The van der Waals surface area contributed by atoms with E-state index in [4.69, 9.17) is 5.11 Å². The maximum Gasteiger partial charge on any atom is 0.138 e. The summed E-state index contributed by atoms with van der Waals surface area (Å²) in [5, 5.41) is 8.54. The maximum atomic E-state index is 11.2.